The Bertz CT molecular complexity index is 823. The van der Waals surface area contributed by atoms with Gasteiger partial charge < -0.3 is 4.57 Å². The molecule has 0 spiro atoms. The van der Waals surface area contributed by atoms with Crippen molar-refractivity contribution >= 4 is 16.7 Å². The molecule has 3 rings (SSSR count). The molecule has 0 aliphatic heterocycles. The van der Waals surface area contributed by atoms with Crippen LogP contribution in [0, 0.1) is 10.1 Å². The summed E-state index contributed by atoms with van der Waals surface area (Å²) in [5.41, 5.74) is 3.40. The molecule has 22 heavy (non-hydrogen) atoms. The first-order valence-corrected chi connectivity index (χ1v) is 7.24. The van der Waals surface area contributed by atoms with Crippen LogP contribution in [0.2, 0.25) is 0 Å². The maximum Gasteiger partial charge on any atom is 0.297 e. The van der Waals surface area contributed by atoms with Gasteiger partial charge in [0.15, 0.2) is 5.52 Å². The van der Waals surface area contributed by atoms with E-state index in [0.717, 1.165) is 16.6 Å². The molecule has 2 aromatic carbocycles. The maximum absolute atomic E-state index is 11.4. The van der Waals surface area contributed by atoms with Crippen molar-refractivity contribution in [3.63, 3.8) is 0 Å². The van der Waals surface area contributed by atoms with Gasteiger partial charge in [0, 0.05) is 12.1 Å². The summed E-state index contributed by atoms with van der Waals surface area (Å²) in [6.45, 7) is 4.08. The van der Waals surface area contributed by atoms with Gasteiger partial charge in [-0.2, -0.15) is 0 Å². The number of hydrogen-bond donors (Lipinski definition) is 0. The Morgan fingerprint density at radius 2 is 1.91 bits per heavy atom. The molecule has 0 unspecified atom stereocenters. The molecule has 0 amide bonds. The molecule has 3 aromatic rings. The van der Waals surface area contributed by atoms with Crippen molar-refractivity contribution in [1.82, 2.24) is 9.55 Å². The predicted octanol–water partition coefficient (Wildman–Crippen LogP) is 4.12. The standard InChI is InChI=1S/C17H17N3O2/c1-12(2)19-11-18-17-15(19)9-14(10-16(17)20(21)22)8-13-6-4-3-5-7-13/h3-7,9-12H,8H2,1-2H3. The van der Waals surface area contributed by atoms with Gasteiger partial charge in [0.2, 0.25) is 0 Å². The summed E-state index contributed by atoms with van der Waals surface area (Å²) in [5, 5.41) is 11.4. The van der Waals surface area contributed by atoms with Crippen LogP contribution in [0.1, 0.15) is 31.0 Å². The van der Waals surface area contributed by atoms with E-state index in [2.05, 4.69) is 4.98 Å². The first-order valence-electron chi connectivity index (χ1n) is 7.24. The lowest BCUT2D eigenvalue weighted by molar-refractivity contribution is -0.383. The van der Waals surface area contributed by atoms with E-state index >= 15 is 0 Å². The van der Waals surface area contributed by atoms with Crippen molar-refractivity contribution in [3.8, 4) is 0 Å². The minimum Gasteiger partial charge on any atom is -0.328 e. The Morgan fingerprint density at radius 1 is 1.18 bits per heavy atom. The van der Waals surface area contributed by atoms with Gasteiger partial charge in [0.05, 0.1) is 16.8 Å². The number of benzene rings is 2. The van der Waals surface area contributed by atoms with E-state index in [0.29, 0.717) is 11.9 Å². The third kappa shape index (κ3) is 2.57. The number of rotatable bonds is 4. The monoisotopic (exact) mass is 295 g/mol. The Kier molecular flexibility index (Phi) is 3.63. The van der Waals surface area contributed by atoms with Crippen molar-refractivity contribution in [2.45, 2.75) is 26.3 Å². The third-order valence-corrected chi connectivity index (χ3v) is 3.72. The summed E-state index contributed by atoms with van der Waals surface area (Å²) in [6.07, 6.45) is 2.34. The second kappa shape index (κ2) is 5.60. The number of hydrogen-bond acceptors (Lipinski definition) is 3. The van der Waals surface area contributed by atoms with Crippen molar-refractivity contribution in [2.24, 2.45) is 0 Å². The van der Waals surface area contributed by atoms with Gasteiger partial charge in [-0.3, -0.25) is 10.1 Å². The highest BCUT2D eigenvalue weighted by molar-refractivity contribution is 5.86. The van der Waals surface area contributed by atoms with Crippen molar-refractivity contribution in [2.75, 3.05) is 0 Å². The molecule has 0 aliphatic carbocycles. The normalized spacial score (nSPS) is 11.2. The molecule has 0 atom stereocenters. The number of nitro benzene ring substituents is 1. The smallest absolute Gasteiger partial charge is 0.297 e. The maximum atomic E-state index is 11.4. The van der Waals surface area contributed by atoms with E-state index in [1.807, 2.05) is 54.8 Å². The molecule has 0 saturated heterocycles. The second-order valence-corrected chi connectivity index (χ2v) is 5.65. The predicted molar refractivity (Wildman–Crippen MR) is 86.0 cm³/mol. The molecule has 1 heterocycles. The van der Waals surface area contributed by atoms with E-state index in [1.54, 1.807) is 12.4 Å². The van der Waals surface area contributed by atoms with Gasteiger partial charge in [-0.05, 0) is 37.5 Å². The summed E-state index contributed by atoms with van der Waals surface area (Å²) in [6, 6.07) is 13.8. The summed E-state index contributed by atoms with van der Waals surface area (Å²) in [7, 11) is 0. The molecule has 0 radical (unpaired) electrons. The van der Waals surface area contributed by atoms with Crippen LogP contribution in [0.25, 0.3) is 11.0 Å². The van der Waals surface area contributed by atoms with Crippen LogP contribution in [0.4, 0.5) is 5.69 Å². The minimum atomic E-state index is -0.353. The highest BCUT2D eigenvalue weighted by atomic mass is 16.6. The highest BCUT2D eigenvalue weighted by Gasteiger charge is 2.19. The molecule has 0 bridgehead atoms. The minimum absolute atomic E-state index is 0.0721. The summed E-state index contributed by atoms with van der Waals surface area (Å²) < 4.78 is 1.97. The van der Waals surface area contributed by atoms with Crippen LogP contribution in [-0.2, 0) is 6.42 Å². The molecule has 0 N–H and O–H groups in total. The molecular formula is C17H17N3O2. The van der Waals surface area contributed by atoms with E-state index in [4.69, 9.17) is 0 Å². The second-order valence-electron chi connectivity index (χ2n) is 5.65. The Balaban J connectivity index is 2.14. The van der Waals surface area contributed by atoms with Crippen molar-refractivity contribution in [3.05, 3.63) is 70.0 Å². The SMILES string of the molecule is CC(C)n1cnc2c([N+](=O)[O-])cc(Cc3ccccc3)cc21. The Hall–Kier alpha value is -2.69. The number of imidazole rings is 1. The van der Waals surface area contributed by atoms with Crippen molar-refractivity contribution in [1.29, 1.82) is 0 Å². The fraction of sp³-hybridized carbons (Fsp3) is 0.235. The number of aromatic nitrogens is 2. The summed E-state index contributed by atoms with van der Waals surface area (Å²) >= 11 is 0. The lowest BCUT2D eigenvalue weighted by Gasteiger charge is -2.09. The third-order valence-electron chi connectivity index (χ3n) is 3.72. The van der Waals surface area contributed by atoms with Gasteiger partial charge >= 0.3 is 0 Å². The van der Waals surface area contributed by atoms with Crippen LogP contribution < -0.4 is 0 Å². The molecule has 1 aromatic heterocycles. The van der Waals surface area contributed by atoms with Crippen LogP contribution >= 0.6 is 0 Å². The fourth-order valence-electron chi connectivity index (χ4n) is 2.66. The van der Waals surface area contributed by atoms with Gasteiger partial charge in [-0.25, -0.2) is 4.98 Å². The van der Waals surface area contributed by atoms with E-state index in [-0.39, 0.29) is 16.7 Å². The van der Waals surface area contributed by atoms with Gasteiger partial charge in [-0.1, -0.05) is 30.3 Å². The van der Waals surface area contributed by atoms with Gasteiger partial charge in [0.25, 0.3) is 5.69 Å². The Labute approximate surface area is 128 Å². The average molecular weight is 295 g/mol. The van der Waals surface area contributed by atoms with Crippen molar-refractivity contribution < 1.29 is 4.92 Å². The average Bonchev–Trinajstić information content (AvgIpc) is 2.91. The largest absolute Gasteiger partial charge is 0.328 e. The van der Waals surface area contributed by atoms with Crippen LogP contribution in [0.5, 0.6) is 0 Å². The number of fused-ring (bicyclic) bond motifs is 1. The molecule has 112 valence electrons. The van der Waals surface area contributed by atoms with E-state index in [9.17, 15) is 10.1 Å². The highest BCUT2D eigenvalue weighted by Crippen LogP contribution is 2.29. The molecule has 0 saturated carbocycles. The quantitative estimate of drug-likeness (QED) is 0.537. The number of nitrogens with zero attached hydrogens (tertiary/aromatic N) is 3. The summed E-state index contributed by atoms with van der Waals surface area (Å²) in [4.78, 5) is 15.2. The van der Waals surface area contributed by atoms with Gasteiger partial charge in [0.1, 0.15) is 0 Å². The lowest BCUT2D eigenvalue weighted by Crippen LogP contribution is -2.00. The topological polar surface area (TPSA) is 61.0 Å². The lowest BCUT2D eigenvalue weighted by atomic mass is 10.0. The van der Waals surface area contributed by atoms with Gasteiger partial charge in [-0.15, -0.1) is 0 Å². The molecule has 0 fully saturated rings. The molecular weight excluding hydrogens is 278 g/mol. The molecule has 5 nitrogen and oxygen atoms in total. The first-order chi connectivity index (χ1) is 10.6. The van der Waals surface area contributed by atoms with E-state index < -0.39 is 0 Å². The van der Waals surface area contributed by atoms with Crippen LogP contribution in [-0.4, -0.2) is 14.5 Å². The fourth-order valence-corrected chi connectivity index (χ4v) is 2.66. The van der Waals surface area contributed by atoms with E-state index in [1.165, 1.54) is 0 Å². The molecule has 5 heteroatoms. The van der Waals surface area contributed by atoms with Crippen LogP contribution in [0.3, 0.4) is 0 Å². The summed E-state index contributed by atoms with van der Waals surface area (Å²) in [5.74, 6) is 0. The zero-order valence-corrected chi connectivity index (χ0v) is 12.6. The zero-order chi connectivity index (χ0) is 15.7. The van der Waals surface area contributed by atoms with Crippen LogP contribution in [0.15, 0.2) is 48.8 Å². The Morgan fingerprint density at radius 3 is 2.55 bits per heavy atom. The number of non-ortho nitro benzene ring substituents is 1. The molecule has 0 aliphatic rings. The number of nitro groups is 1. The first kappa shape index (κ1) is 14.3. The zero-order valence-electron chi connectivity index (χ0n) is 12.6.